The summed E-state index contributed by atoms with van der Waals surface area (Å²) in [6, 6.07) is 4.84. The van der Waals surface area contributed by atoms with Gasteiger partial charge in [-0.05, 0) is 56.7 Å². The fourth-order valence-electron chi connectivity index (χ4n) is 4.17. The van der Waals surface area contributed by atoms with E-state index in [0.29, 0.717) is 6.04 Å². The van der Waals surface area contributed by atoms with Crippen LogP contribution in [-0.4, -0.2) is 48.0 Å². The normalized spacial score (nSPS) is 23.4. The molecular formula is C20H29N3O2. The standard InChI is InChI=1S/C20H29N3O2/c1-14-3-4-17-19(15(14)2)23-18(22-17)5-9-21-16-6-10-25-20(13-16)7-11-24-12-8-20/h3-4,16,21H,5-13H2,1-2H3,(H,22,23)/t16-/m0/s1. The molecule has 2 saturated heterocycles. The highest BCUT2D eigenvalue weighted by atomic mass is 16.5. The van der Waals surface area contributed by atoms with Gasteiger partial charge in [0.25, 0.3) is 0 Å². The summed E-state index contributed by atoms with van der Waals surface area (Å²) >= 11 is 0. The molecule has 5 heteroatoms. The van der Waals surface area contributed by atoms with Crippen molar-refractivity contribution in [2.24, 2.45) is 0 Å². The molecule has 136 valence electrons. The maximum Gasteiger partial charge on any atom is 0.108 e. The number of ether oxygens (including phenoxy) is 2. The van der Waals surface area contributed by atoms with Crippen LogP contribution in [-0.2, 0) is 15.9 Å². The van der Waals surface area contributed by atoms with Crippen molar-refractivity contribution in [2.75, 3.05) is 26.4 Å². The number of hydrogen-bond acceptors (Lipinski definition) is 4. The molecule has 2 aliphatic heterocycles. The van der Waals surface area contributed by atoms with Gasteiger partial charge < -0.3 is 19.8 Å². The average molecular weight is 343 g/mol. The number of H-pyrrole nitrogens is 1. The van der Waals surface area contributed by atoms with Crippen LogP contribution in [0.3, 0.4) is 0 Å². The van der Waals surface area contributed by atoms with Crippen molar-refractivity contribution in [2.45, 2.75) is 57.6 Å². The molecule has 0 radical (unpaired) electrons. The highest BCUT2D eigenvalue weighted by Gasteiger charge is 2.38. The molecule has 0 bridgehead atoms. The molecule has 2 fully saturated rings. The zero-order valence-corrected chi connectivity index (χ0v) is 15.4. The van der Waals surface area contributed by atoms with Crippen molar-refractivity contribution in [1.29, 1.82) is 0 Å². The first kappa shape index (κ1) is 17.0. The third kappa shape index (κ3) is 3.59. The molecule has 2 aromatic rings. The van der Waals surface area contributed by atoms with Gasteiger partial charge in [-0.2, -0.15) is 0 Å². The summed E-state index contributed by atoms with van der Waals surface area (Å²) in [7, 11) is 0. The molecule has 1 aromatic heterocycles. The fraction of sp³-hybridized carbons (Fsp3) is 0.650. The zero-order chi connectivity index (χ0) is 17.3. The SMILES string of the molecule is Cc1ccc2[nH]c(CCN[C@H]3CCOC4(CCOCC4)C3)nc2c1C. The summed E-state index contributed by atoms with van der Waals surface area (Å²) in [6.07, 6.45) is 5.21. The molecule has 5 nitrogen and oxygen atoms in total. The minimum absolute atomic E-state index is 0.0577. The van der Waals surface area contributed by atoms with Gasteiger partial charge in [-0.3, -0.25) is 0 Å². The second kappa shape index (κ2) is 7.06. The van der Waals surface area contributed by atoms with E-state index in [1.165, 1.54) is 11.1 Å². The van der Waals surface area contributed by atoms with Crippen molar-refractivity contribution in [1.82, 2.24) is 15.3 Å². The van der Waals surface area contributed by atoms with Crippen LogP contribution in [0.4, 0.5) is 0 Å². The number of fused-ring (bicyclic) bond motifs is 1. The van der Waals surface area contributed by atoms with Gasteiger partial charge in [0.15, 0.2) is 0 Å². The topological polar surface area (TPSA) is 59.2 Å². The molecule has 1 atom stereocenters. The third-order valence-electron chi connectivity index (χ3n) is 5.92. The van der Waals surface area contributed by atoms with Crippen molar-refractivity contribution in [3.8, 4) is 0 Å². The average Bonchev–Trinajstić information content (AvgIpc) is 3.03. The second-order valence-corrected chi connectivity index (χ2v) is 7.62. The highest BCUT2D eigenvalue weighted by molar-refractivity contribution is 5.79. The smallest absolute Gasteiger partial charge is 0.108 e. The second-order valence-electron chi connectivity index (χ2n) is 7.62. The molecule has 0 saturated carbocycles. The maximum atomic E-state index is 6.13. The number of aromatic amines is 1. The molecule has 3 heterocycles. The van der Waals surface area contributed by atoms with Crippen LogP contribution in [0, 0.1) is 13.8 Å². The molecular weight excluding hydrogens is 314 g/mol. The minimum atomic E-state index is 0.0577. The summed E-state index contributed by atoms with van der Waals surface area (Å²) in [4.78, 5) is 8.27. The Morgan fingerprint density at radius 1 is 1.24 bits per heavy atom. The lowest BCUT2D eigenvalue weighted by Gasteiger charge is -2.43. The van der Waals surface area contributed by atoms with Crippen LogP contribution in [0.25, 0.3) is 11.0 Å². The van der Waals surface area contributed by atoms with Crippen molar-refractivity contribution in [3.05, 3.63) is 29.1 Å². The van der Waals surface area contributed by atoms with Gasteiger partial charge in [-0.1, -0.05) is 6.07 Å². The Balaban J connectivity index is 1.34. The maximum absolute atomic E-state index is 6.13. The van der Waals surface area contributed by atoms with Gasteiger partial charge in [0.05, 0.1) is 16.6 Å². The van der Waals surface area contributed by atoms with Crippen LogP contribution in [0.2, 0.25) is 0 Å². The van der Waals surface area contributed by atoms with Gasteiger partial charge in [0.1, 0.15) is 5.82 Å². The van der Waals surface area contributed by atoms with E-state index in [4.69, 9.17) is 14.5 Å². The third-order valence-corrected chi connectivity index (χ3v) is 5.92. The Morgan fingerprint density at radius 3 is 2.92 bits per heavy atom. The van der Waals surface area contributed by atoms with Gasteiger partial charge in [-0.15, -0.1) is 0 Å². The summed E-state index contributed by atoms with van der Waals surface area (Å²) in [5, 5.41) is 3.73. The first-order valence-electron chi connectivity index (χ1n) is 9.55. The van der Waals surface area contributed by atoms with Crippen molar-refractivity contribution in [3.63, 3.8) is 0 Å². The first-order chi connectivity index (χ1) is 12.2. The quantitative estimate of drug-likeness (QED) is 0.896. The lowest BCUT2D eigenvalue weighted by Crippen LogP contribution is -2.50. The van der Waals surface area contributed by atoms with E-state index in [9.17, 15) is 0 Å². The number of rotatable bonds is 4. The lowest BCUT2D eigenvalue weighted by atomic mass is 9.84. The van der Waals surface area contributed by atoms with E-state index in [-0.39, 0.29) is 5.60 Å². The first-order valence-corrected chi connectivity index (χ1v) is 9.55. The van der Waals surface area contributed by atoms with E-state index in [2.05, 4.69) is 36.3 Å². The van der Waals surface area contributed by atoms with E-state index in [0.717, 1.165) is 75.3 Å². The molecule has 0 amide bonds. The van der Waals surface area contributed by atoms with Crippen LogP contribution in [0.1, 0.15) is 42.6 Å². The predicted octanol–water partition coefficient (Wildman–Crippen LogP) is 3.04. The zero-order valence-electron chi connectivity index (χ0n) is 15.4. The van der Waals surface area contributed by atoms with Crippen LogP contribution in [0.15, 0.2) is 12.1 Å². The van der Waals surface area contributed by atoms with E-state index >= 15 is 0 Å². The number of imidazole rings is 1. The molecule has 1 spiro atoms. The molecule has 25 heavy (non-hydrogen) atoms. The Hall–Kier alpha value is -1.43. The van der Waals surface area contributed by atoms with Crippen LogP contribution >= 0.6 is 0 Å². The number of nitrogens with zero attached hydrogens (tertiary/aromatic N) is 1. The molecule has 4 rings (SSSR count). The molecule has 2 aliphatic rings. The summed E-state index contributed by atoms with van der Waals surface area (Å²) in [5.41, 5.74) is 4.89. The molecule has 0 aliphatic carbocycles. The van der Waals surface area contributed by atoms with Gasteiger partial charge in [0, 0.05) is 38.8 Å². The number of hydrogen-bond donors (Lipinski definition) is 2. The predicted molar refractivity (Wildman–Crippen MR) is 99.0 cm³/mol. The van der Waals surface area contributed by atoms with Crippen molar-refractivity contribution < 1.29 is 9.47 Å². The summed E-state index contributed by atoms with van der Waals surface area (Å²) in [6.45, 7) is 7.78. The molecule has 2 N–H and O–H groups in total. The highest BCUT2D eigenvalue weighted by Crippen LogP contribution is 2.34. The fourth-order valence-corrected chi connectivity index (χ4v) is 4.17. The summed E-state index contributed by atoms with van der Waals surface area (Å²) < 4.78 is 11.6. The van der Waals surface area contributed by atoms with Gasteiger partial charge in [-0.25, -0.2) is 4.98 Å². The molecule has 0 unspecified atom stereocenters. The number of nitrogens with one attached hydrogen (secondary N) is 2. The Labute approximate surface area is 149 Å². The molecule has 1 aromatic carbocycles. The summed E-state index contributed by atoms with van der Waals surface area (Å²) in [5.74, 6) is 1.07. The lowest BCUT2D eigenvalue weighted by molar-refractivity contribution is -0.140. The van der Waals surface area contributed by atoms with Crippen LogP contribution in [0.5, 0.6) is 0 Å². The van der Waals surface area contributed by atoms with Gasteiger partial charge in [0.2, 0.25) is 0 Å². The van der Waals surface area contributed by atoms with E-state index in [1.807, 2.05) is 0 Å². The van der Waals surface area contributed by atoms with E-state index in [1.54, 1.807) is 0 Å². The Bertz CT molecular complexity index is 728. The number of aromatic nitrogens is 2. The van der Waals surface area contributed by atoms with E-state index < -0.39 is 0 Å². The number of aryl methyl sites for hydroxylation is 2. The largest absolute Gasteiger partial charge is 0.381 e. The van der Waals surface area contributed by atoms with Gasteiger partial charge >= 0.3 is 0 Å². The Kier molecular flexibility index (Phi) is 4.80. The monoisotopic (exact) mass is 343 g/mol. The van der Waals surface area contributed by atoms with Crippen molar-refractivity contribution >= 4 is 11.0 Å². The Morgan fingerprint density at radius 2 is 2.08 bits per heavy atom. The minimum Gasteiger partial charge on any atom is -0.381 e. The van der Waals surface area contributed by atoms with Crippen LogP contribution < -0.4 is 5.32 Å². The number of benzene rings is 1.